The molecule has 9 heteroatoms. The summed E-state index contributed by atoms with van der Waals surface area (Å²) in [4.78, 5) is 30.0. The summed E-state index contributed by atoms with van der Waals surface area (Å²) in [5, 5.41) is 3.38. The third-order valence-corrected chi connectivity index (χ3v) is 9.44. The highest BCUT2D eigenvalue weighted by atomic mass is 32.1. The Morgan fingerprint density at radius 2 is 1.72 bits per heavy atom. The third kappa shape index (κ3) is 6.21. The maximum absolute atomic E-state index is 11.5. The summed E-state index contributed by atoms with van der Waals surface area (Å²) in [6.45, 7) is 8.81. The van der Waals surface area contributed by atoms with Crippen LogP contribution in [0.1, 0.15) is 38.5 Å². The SMILES string of the molecule is NC(=O)CC1CCN(c2nc(N3CCC(COCCN4CCCC4)CC3)c3c(-c4ccccc4)csc3n2)C1. The zero-order valence-electron chi connectivity index (χ0n) is 22.8. The molecule has 1 atom stereocenters. The van der Waals surface area contributed by atoms with E-state index in [2.05, 4.69) is 50.4 Å². The number of hydrogen-bond donors (Lipinski definition) is 1. The highest BCUT2D eigenvalue weighted by Gasteiger charge is 2.29. The molecule has 3 aliphatic rings. The molecule has 2 aromatic heterocycles. The van der Waals surface area contributed by atoms with Crippen LogP contribution in [0.2, 0.25) is 0 Å². The van der Waals surface area contributed by atoms with Crippen molar-refractivity contribution in [2.24, 2.45) is 17.6 Å². The highest BCUT2D eigenvalue weighted by Crippen LogP contribution is 2.41. The molecule has 3 aliphatic heterocycles. The van der Waals surface area contributed by atoms with Crippen LogP contribution in [0.15, 0.2) is 35.7 Å². The molecule has 0 spiro atoms. The fourth-order valence-electron chi connectivity index (χ4n) is 6.34. The van der Waals surface area contributed by atoms with E-state index in [0.717, 1.165) is 87.2 Å². The van der Waals surface area contributed by atoms with Gasteiger partial charge in [0.1, 0.15) is 10.6 Å². The van der Waals surface area contributed by atoms with Crippen molar-refractivity contribution in [3.05, 3.63) is 35.7 Å². The van der Waals surface area contributed by atoms with Crippen molar-refractivity contribution in [2.45, 2.75) is 38.5 Å². The van der Waals surface area contributed by atoms with Gasteiger partial charge in [-0.2, -0.15) is 4.98 Å². The van der Waals surface area contributed by atoms with Crippen LogP contribution in [0.5, 0.6) is 0 Å². The van der Waals surface area contributed by atoms with E-state index in [4.69, 9.17) is 20.4 Å². The Morgan fingerprint density at radius 1 is 0.974 bits per heavy atom. The van der Waals surface area contributed by atoms with E-state index in [1.54, 1.807) is 11.3 Å². The average molecular weight is 549 g/mol. The predicted octanol–water partition coefficient (Wildman–Crippen LogP) is 4.39. The smallest absolute Gasteiger partial charge is 0.228 e. The van der Waals surface area contributed by atoms with Gasteiger partial charge in [0.15, 0.2) is 0 Å². The molecule has 8 nitrogen and oxygen atoms in total. The first-order chi connectivity index (χ1) is 19.1. The fraction of sp³-hybridized carbons (Fsp3) is 0.567. The maximum atomic E-state index is 11.5. The number of ether oxygens (including phenoxy) is 1. The summed E-state index contributed by atoms with van der Waals surface area (Å²) in [5.41, 5.74) is 7.89. The lowest BCUT2D eigenvalue weighted by Crippen LogP contribution is -2.36. The van der Waals surface area contributed by atoms with Crippen LogP contribution in [0.25, 0.3) is 21.3 Å². The van der Waals surface area contributed by atoms with E-state index < -0.39 is 0 Å². The molecule has 208 valence electrons. The number of nitrogens with two attached hydrogens (primary N) is 1. The topological polar surface area (TPSA) is 87.8 Å². The molecular weight excluding hydrogens is 508 g/mol. The Balaban J connectivity index is 1.19. The number of rotatable bonds is 10. The van der Waals surface area contributed by atoms with E-state index >= 15 is 0 Å². The number of primary amides is 1. The number of hydrogen-bond acceptors (Lipinski definition) is 8. The van der Waals surface area contributed by atoms with Crippen molar-refractivity contribution in [1.29, 1.82) is 0 Å². The van der Waals surface area contributed by atoms with Crippen molar-refractivity contribution < 1.29 is 9.53 Å². The quantitative estimate of drug-likeness (QED) is 0.376. The average Bonchev–Trinajstić information content (AvgIpc) is 3.73. The van der Waals surface area contributed by atoms with Crippen LogP contribution >= 0.6 is 11.3 Å². The Bertz CT molecular complexity index is 1250. The van der Waals surface area contributed by atoms with Crippen molar-refractivity contribution in [2.75, 3.05) is 68.8 Å². The minimum absolute atomic E-state index is 0.229. The van der Waals surface area contributed by atoms with E-state index in [-0.39, 0.29) is 11.8 Å². The normalized spacial score (nSPS) is 20.9. The highest BCUT2D eigenvalue weighted by molar-refractivity contribution is 7.17. The Hall–Kier alpha value is -2.75. The van der Waals surface area contributed by atoms with Gasteiger partial charge in [-0.1, -0.05) is 30.3 Å². The standard InChI is InChI=1S/C30H40N6O2S/c31-26(37)18-23-10-15-36(19-23)30-32-28(27-25(21-39-29(27)33-30)24-6-2-1-3-7-24)35-13-8-22(9-14-35)20-38-17-16-34-11-4-5-12-34/h1-3,6-7,21-23H,4-5,8-20H2,(H2,31,37). The second kappa shape index (κ2) is 12.2. The summed E-state index contributed by atoms with van der Waals surface area (Å²) in [6, 6.07) is 10.6. The molecule has 6 rings (SSSR count). The molecular formula is C30H40N6O2S. The Kier molecular flexibility index (Phi) is 8.27. The van der Waals surface area contributed by atoms with Gasteiger partial charge in [0.2, 0.25) is 11.9 Å². The van der Waals surface area contributed by atoms with Gasteiger partial charge in [0.25, 0.3) is 0 Å². The van der Waals surface area contributed by atoms with Crippen LogP contribution < -0.4 is 15.5 Å². The monoisotopic (exact) mass is 548 g/mol. The lowest BCUT2D eigenvalue weighted by molar-refractivity contribution is -0.118. The predicted molar refractivity (Wildman–Crippen MR) is 158 cm³/mol. The number of anilines is 2. The van der Waals surface area contributed by atoms with E-state index in [1.807, 2.05) is 0 Å². The number of carbonyl (C=O) groups is 1. The van der Waals surface area contributed by atoms with Gasteiger partial charge in [-0.15, -0.1) is 11.3 Å². The minimum atomic E-state index is -0.229. The lowest BCUT2D eigenvalue weighted by atomic mass is 9.97. The largest absolute Gasteiger partial charge is 0.380 e. The number of benzene rings is 1. The number of carbonyl (C=O) groups excluding carboxylic acids is 1. The van der Waals surface area contributed by atoms with E-state index in [1.165, 1.54) is 37.1 Å². The molecule has 1 unspecified atom stereocenters. The first-order valence-corrected chi connectivity index (χ1v) is 15.4. The molecule has 0 bridgehead atoms. The van der Waals surface area contributed by atoms with Gasteiger partial charge in [-0.25, -0.2) is 4.98 Å². The first kappa shape index (κ1) is 26.5. The molecule has 0 saturated carbocycles. The van der Waals surface area contributed by atoms with Crippen LogP contribution in [0.3, 0.4) is 0 Å². The summed E-state index contributed by atoms with van der Waals surface area (Å²) >= 11 is 1.69. The molecule has 0 radical (unpaired) electrons. The molecule has 1 amide bonds. The van der Waals surface area contributed by atoms with Gasteiger partial charge in [-0.05, 0) is 62.6 Å². The van der Waals surface area contributed by atoms with Crippen LogP contribution in [0, 0.1) is 11.8 Å². The van der Waals surface area contributed by atoms with Crippen molar-refractivity contribution in [3.63, 3.8) is 0 Å². The minimum Gasteiger partial charge on any atom is -0.380 e. The Labute approximate surface area is 235 Å². The van der Waals surface area contributed by atoms with Gasteiger partial charge in [0, 0.05) is 56.7 Å². The molecule has 2 N–H and O–H groups in total. The molecule has 3 aromatic rings. The maximum Gasteiger partial charge on any atom is 0.228 e. The van der Waals surface area contributed by atoms with Gasteiger partial charge in [0.05, 0.1) is 12.0 Å². The number of nitrogens with zero attached hydrogens (tertiary/aromatic N) is 5. The van der Waals surface area contributed by atoms with Gasteiger partial charge >= 0.3 is 0 Å². The van der Waals surface area contributed by atoms with Crippen molar-refractivity contribution >= 4 is 39.2 Å². The van der Waals surface area contributed by atoms with Gasteiger partial charge in [-0.3, -0.25) is 4.79 Å². The molecule has 39 heavy (non-hydrogen) atoms. The Morgan fingerprint density at radius 3 is 2.49 bits per heavy atom. The number of amides is 1. The summed E-state index contributed by atoms with van der Waals surface area (Å²) in [5.74, 6) is 2.46. The number of thiophene rings is 1. The zero-order chi connectivity index (χ0) is 26.6. The molecule has 0 aliphatic carbocycles. The summed E-state index contributed by atoms with van der Waals surface area (Å²) in [6.07, 6.45) is 6.26. The number of aromatic nitrogens is 2. The summed E-state index contributed by atoms with van der Waals surface area (Å²) < 4.78 is 6.11. The van der Waals surface area contributed by atoms with Crippen LogP contribution in [-0.2, 0) is 9.53 Å². The van der Waals surface area contributed by atoms with Crippen LogP contribution in [0.4, 0.5) is 11.8 Å². The second-order valence-corrected chi connectivity index (χ2v) is 12.2. The third-order valence-electron chi connectivity index (χ3n) is 8.56. The molecule has 3 fully saturated rings. The molecule has 3 saturated heterocycles. The molecule has 1 aromatic carbocycles. The number of piperidine rings is 1. The van der Waals surface area contributed by atoms with E-state index in [9.17, 15) is 4.79 Å². The van der Waals surface area contributed by atoms with Gasteiger partial charge < -0.3 is 25.2 Å². The van der Waals surface area contributed by atoms with Crippen LogP contribution in [-0.4, -0.2) is 79.8 Å². The fourth-order valence-corrected chi connectivity index (χ4v) is 7.28. The number of fused-ring (bicyclic) bond motifs is 1. The van der Waals surface area contributed by atoms with Crippen molar-refractivity contribution in [3.8, 4) is 11.1 Å². The van der Waals surface area contributed by atoms with E-state index in [0.29, 0.717) is 12.3 Å². The zero-order valence-corrected chi connectivity index (χ0v) is 23.6. The summed E-state index contributed by atoms with van der Waals surface area (Å²) in [7, 11) is 0. The number of likely N-dealkylation sites (tertiary alicyclic amines) is 1. The second-order valence-electron chi connectivity index (χ2n) is 11.4. The molecule has 5 heterocycles. The first-order valence-electron chi connectivity index (χ1n) is 14.6. The lowest BCUT2D eigenvalue weighted by Gasteiger charge is -2.33. The van der Waals surface area contributed by atoms with Crippen molar-refractivity contribution in [1.82, 2.24) is 14.9 Å².